The second-order valence-electron chi connectivity index (χ2n) is 7.63. The molecule has 1 aliphatic rings. The Morgan fingerprint density at radius 1 is 1.24 bits per heavy atom. The van der Waals surface area contributed by atoms with E-state index in [0.29, 0.717) is 29.1 Å². The van der Waals surface area contributed by atoms with Crippen molar-refractivity contribution in [3.05, 3.63) is 35.7 Å². The second-order valence-corrected chi connectivity index (χ2v) is 7.63. The maximum absolute atomic E-state index is 12.7. The summed E-state index contributed by atoms with van der Waals surface area (Å²) in [5.74, 6) is -0.664. The summed E-state index contributed by atoms with van der Waals surface area (Å²) in [6.07, 6.45) is 3.90. The molecule has 2 heterocycles. The van der Waals surface area contributed by atoms with Crippen LogP contribution in [0.1, 0.15) is 39.9 Å². The van der Waals surface area contributed by atoms with Gasteiger partial charge in [-0.3, -0.25) is 9.59 Å². The average Bonchev–Trinajstić information content (AvgIpc) is 3.58. The number of benzene rings is 1. The Kier molecular flexibility index (Phi) is 5.18. The van der Waals surface area contributed by atoms with Gasteiger partial charge < -0.3 is 20.7 Å². The van der Waals surface area contributed by atoms with Crippen LogP contribution in [0, 0.1) is 5.92 Å². The van der Waals surface area contributed by atoms with Crippen molar-refractivity contribution in [2.24, 2.45) is 13.0 Å². The molecule has 0 unspecified atom stereocenters. The first kappa shape index (κ1) is 18.5. The maximum atomic E-state index is 12.7. The van der Waals surface area contributed by atoms with E-state index in [-0.39, 0.29) is 29.0 Å². The molecule has 0 bridgehead atoms. The maximum Gasteiger partial charge on any atom is 0.273 e. The lowest BCUT2D eigenvalue weighted by atomic mass is 10.0. The summed E-state index contributed by atoms with van der Waals surface area (Å²) in [6.45, 7) is -0.741. The molecule has 1 saturated carbocycles. The molecule has 0 spiro atoms. The fourth-order valence-electron chi connectivity index (χ4n) is 3.36. The molecule has 2 amide bonds. The predicted molar refractivity (Wildman–Crippen MR) is 122 cm³/mol. The third kappa shape index (κ3) is 4.76. The first-order valence-electron chi connectivity index (χ1n) is 11.9. The number of nitrogens with zero attached hydrogens (tertiary/aromatic N) is 5. The molecule has 0 radical (unpaired) electrons. The van der Waals surface area contributed by atoms with Gasteiger partial charge in [0.05, 0.1) is 24.7 Å². The zero-order chi connectivity index (χ0) is 26.0. The summed E-state index contributed by atoms with van der Waals surface area (Å²) in [4.78, 5) is 26.4. The van der Waals surface area contributed by atoms with E-state index >= 15 is 0 Å². The Labute approximate surface area is 195 Å². The number of aryl methyl sites for hydroxylation is 2. The molecule has 3 aromatic rings. The molecule has 33 heavy (non-hydrogen) atoms. The number of amides is 2. The Bertz CT molecular complexity index is 1300. The first-order chi connectivity index (χ1) is 17.1. The van der Waals surface area contributed by atoms with Gasteiger partial charge in [0.15, 0.2) is 17.3 Å². The van der Waals surface area contributed by atoms with Gasteiger partial charge in [-0.2, -0.15) is 15.0 Å². The van der Waals surface area contributed by atoms with Crippen LogP contribution in [0.25, 0.3) is 11.3 Å². The number of rotatable bonds is 8. The van der Waals surface area contributed by atoms with Gasteiger partial charge in [-0.25, -0.2) is 0 Å². The molecule has 1 fully saturated rings. The number of carbonyl (C=O) groups excluding carboxylic acids is 2. The number of aromatic nitrogens is 5. The lowest BCUT2D eigenvalue weighted by Crippen LogP contribution is -2.22. The van der Waals surface area contributed by atoms with Crippen molar-refractivity contribution < 1.29 is 18.4 Å². The second kappa shape index (κ2) is 9.23. The van der Waals surface area contributed by atoms with E-state index in [0.717, 1.165) is 18.4 Å². The standard InChI is InChI=1S/C22H26N8O3/c1-5-12-8-14(17-11-24-30(3)29-17)20(33-4)16(9-12)25-15-10-18(26-21(31)13-6-7-13)27-28-19(15)22(32)23-2/h8-11,13H,5-7H2,1-4H3,(H,23,32)(H2,25,26,27,31)/i2D3. The third-order valence-corrected chi connectivity index (χ3v) is 5.23. The fourth-order valence-corrected chi connectivity index (χ4v) is 3.36. The molecule has 0 aliphatic heterocycles. The van der Waals surface area contributed by atoms with Crippen LogP contribution in [0.4, 0.5) is 17.2 Å². The van der Waals surface area contributed by atoms with Gasteiger partial charge >= 0.3 is 0 Å². The van der Waals surface area contributed by atoms with E-state index in [2.05, 4.69) is 31.0 Å². The summed E-state index contributed by atoms with van der Waals surface area (Å²) < 4.78 is 27.8. The smallest absolute Gasteiger partial charge is 0.273 e. The molecule has 172 valence electrons. The topological polar surface area (TPSA) is 136 Å². The summed E-state index contributed by atoms with van der Waals surface area (Å²) in [6, 6.07) is 5.21. The van der Waals surface area contributed by atoms with Gasteiger partial charge in [-0.1, -0.05) is 6.92 Å². The minimum atomic E-state index is -2.73. The monoisotopic (exact) mass is 453 g/mol. The van der Waals surface area contributed by atoms with Crippen molar-refractivity contribution in [2.45, 2.75) is 26.2 Å². The van der Waals surface area contributed by atoms with Crippen molar-refractivity contribution in [1.29, 1.82) is 0 Å². The number of ether oxygens (including phenoxy) is 1. The molecule has 4 rings (SSSR count). The Morgan fingerprint density at radius 3 is 2.70 bits per heavy atom. The van der Waals surface area contributed by atoms with E-state index in [4.69, 9.17) is 8.85 Å². The predicted octanol–water partition coefficient (Wildman–Crippen LogP) is 2.29. The van der Waals surface area contributed by atoms with Crippen LogP contribution in [-0.2, 0) is 18.3 Å². The van der Waals surface area contributed by atoms with Gasteiger partial charge in [0.25, 0.3) is 5.91 Å². The number of carbonyl (C=O) groups is 2. The highest BCUT2D eigenvalue weighted by Crippen LogP contribution is 2.39. The molecule has 0 atom stereocenters. The highest BCUT2D eigenvalue weighted by Gasteiger charge is 2.30. The minimum absolute atomic E-state index is 0.0717. The lowest BCUT2D eigenvalue weighted by Gasteiger charge is -2.18. The summed E-state index contributed by atoms with van der Waals surface area (Å²) in [7, 11) is 3.20. The SMILES string of the molecule is [2H]C([2H])([2H])NC(=O)c1nnc(NC(=O)C2CC2)cc1Nc1cc(CC)cc(-c2cnn(C)n2)c1OC. The van der Waals surface area contributed by atoms with Gasteiger partial charge in [0.1, 0.15) is 5.69 Å². The van der Waals surface area contributed by atoms with Crippen molar-refractivity contribution in [2.75, 3.05) is 24.7 Å². The summed E-state index contributed by atoms with van der Waals surface area (Å²) in [5, 5.41) is 24.1. The summed E-state index contributed by atoms with van der Waals surface area (Å²) in [5.41, 5.74) is 2.54. The van der Waals surface area contributed by atoms with E-state index < -0.39 is 12.9 Å². The number of nitrogens with one attached hydrogen (secondary N) is 3. The van der Waals surface area contributed by atoms with E-state index in [1.807, 2.05) is 24.4 Å². The molecule has 3 N–H and O–H groups in total. The zero-order valence-corrected chi connectivity index (χ0v) is 18.5. The van der Waals surface area contributed by atoms with Crippen molar-refractivity contribution >= 4 is 29.0 Å². The molecule has 11 nitrogen and oxygen atoms in total. The quantitative estimate of drug-likeness (QED) is 0.473. The number of hydrogen-bond acceptors (Lipinski definition) is 8. The van der Waals surface area contributed by atoms with Gasteiger partial charge in [0, 0.05) is 35.7 Å². The molecular formula is C22H26N8O3. The van der Waals surface area contributed by atoms with Crippen LogP contribution in [0.3, 0.4) is 0 Å². The van der Waals surface area contributed by atoms with Crippen LogP contribution >= 0.6 is 0 Å². The van der Waals surface area contributed by atoms with E-state index in [1.165, 1.54) is 18.0 Å². The van der Waals surface area contributed by atoms with Crippen molar-refractivity contribution in [3.63, 3.8) is 0 Å². The highest BCUT2D eigenvalue weighted by atomic mass is 16.5. The number of hydrogen-bond donors (Lipinski definition) is 3. The van der Waals surface area contributed by atoms with E-state index in [9.17, 15) is 9.59 Å². The minimum Gasteiger partial charge on any atom is -0.494 e. The molecule has 11 heteroatoms. The molecule has 0 saturated heterocycles. The number of methoxy groups -OCH3 is 1. The van der Waals surface area contributed by atoms with Crippen LogP contribution in [-0.4, -0.2) is 51.1 Å². The van der Waals surface area contributed by atoms with Gasteiger partial charge in [0.2, 0.25) is 5.91 Å². The third-order valence-electron chi connectivity index (χ3n) is 5.23. The molecule has 2 aromatic heterocycles. The zero-order valence-electron chi connectivity index (χ0n) is 21.5. The van der Waals surface area contributed by atoms with Crippen molar-refractivity contribution in [3.8, 4) is 17.0 Å². The Hall–Kier alpha value is -4.02. The molecular weight excluding hydrogens is 424 g/mol. The van der Waals surface area contributed by atoms with E-state index in [1.54, 1.807) is 13.2 Å². The largest absolute Gasteiger partial charge is 0.494 e. The van der Waals surface area contributed by atoms with Gasteiger partial charge in [-0.15, -0.1) is 10.2 Å². The molecule has 1 aromatic carbocycles. The highest BCUT2D eigenvalue weighted by molar-refractivity contribution is 6.00. The van der Waals surface area contributed by atoms with Crippen LogP contribution in [0.15, 0.2) is 24.4 Å². The Morgan fingerprint density at radius 2 is 2.06 bits per heavy atom. The molecule has 1 aliphatic carbocycles. The van der Waals surface area contributed by atoms with Crippen LogP contribution in [0.2, 0.25) is 0 Å². The number of anilines is 3. The lowest BCUT2D eigenvalue weighted by molar-refractivity contribution is -0.117. The summed E-state index contributed by atoms with van der Waals surface area (Å²) >= 11 is 0. The first-order valence-corrected chi connectivity index (χ1v) is 10.4. The van der Waals surface area contributed by atoms with Gasteiger partial charge in [-0.05, 0) is 37.0 Å². The Balaban J connectivity index is 1.78. The van der Waals surface area contributed by atoms with Crippen LogP contribution < -0.4 is 20.7 Å². The van der Waals surface area contributed by atoms with Crippen LogP contribution in [0.5, 0.6) is 5.75 Å². The van der Waals surface area contributed by atoms with Crippen molar-refractivity contribution in [1.82, 2.24) is 30.5 Å². The normalized spacial score (nSPS) is 14.6. The fraction of sp³-hybridized carbons (Fsp3) is 0.364. The average molecular weight is 454 g/mol.